The first kappa shape index (κ1) is 12.3. The number of hydrogen-bond donors (Lipinski definition) is 1. The number of rotatable bonds is 1. The van der Waals surface area contributed by atoms with E-state index >= 15 is 0 Å². The Hall–Kier alpha value is -1.77. The van der Waals surface area contributed by atoms with Crippen molar-refractivity contribution in [2.24, 2.45) is 5.92 Å². The summed E-state index contributed by atoms with van der Waals surface area (Å²) in [5.41, 5.74) is 11.0. The summed E-state index contributed by atoms with van der Waals surface area (Å²) < 4.78 is 2.20. The third-order valence-corrected chi connectivity index (χ3v) is 4.30. The number of aromatic nitrogens is 2. The number of nitrogens with zero attached hydrogens (tertiary/aromatic N) is 2. The molecule has 0 saturated heterocycles. The first-order valence-corrected chi connectivity index (χ1v) is 6.99. The fraction of sp³-hybridized carbons (Fsp3) is 0.438. The van der Waals surface area contributed by atoms with Gasteiger partial charge in [-0.2, -0.15) is 0 Å². The number of hydrogen-bond acceptors (Lipinski definition) is 2. The molecule has 3 heteroatoms. The molecule has 19 heavy (non-hydrogen) atoms. The topological polar surface area (TPSA) is 43.8 Å². The minimum absolute atomic E-state index is 0.690. The minimum Gasteiger partial charge on any atom is -0.383 e. The van der Waals surface area contributed by atoms with E-state index < -0.39 is 0 Å². The summed E-state index contributed by atoms with van der Waals surface area (Å²) in [7, 11) is 0. The van der Waals surface area contributed by atoms with Gasteiger partial charge in [0.25, 0.3) is 0 Å². The predicted octanol–water partition coefficient (Wildman–Crippen LogP) is 3.33. The highest BCUT2D eigenvalue weighted by molar-refractivity contribution is 5.74. The number of aryl methyl sites for hydroxylation is 2. The summed E-state index contributed by atoms with van der Waals surface area (Å²) in [4.78, 5) is 4.79. The van der Waals surface area contributed by atoms with E-state index in [4.69, 9.17) is 10.7 Å². The Bertz CT molecular complexity index is 625. The van der Waals surface area contributed by atoms with Crippen LogP contribution in [0.25, 0.3) is 11.3 Å². The molecule has 2 N–H and O–H groups in total. The van der Waals surface area contributed by atoms with E-state index in [1.54, 1.807) is 0 Å². The van der Waals surface area contributed by atoms with Crippen LogP contribution in [0.1, 0.15) is 30.3 Å². The zero-order chi connectivity index (χ0) is 13.6. The number of benzene rings is 1. The summed E-state index contributed by atoms with van der Waals surface area (Å²) >= 11 is 0. The smallest absolute Gasteiger partial charge is 0.131 e. The molecule has 1 aliphatic rings. The Kier molecular flexibility index (Phi) is 2.85. The fourth-order valence-electron chi connectivity index (χ4n) is 2.89. The monoisotopic (exact) mass is 255 g/mol. The molecule has 0 fully saturated rings. The molecule has 1 atom stereocenters. The number of anilines is 1. The molecule has 2 aromatic rings. The number of fused-ring (bicyclic) bond motifs is 1. The zero-order valence-corrected chi connectivity index (χ0v) is 11.9. The van der Waals surface area contributed by atoms with Crippen LogP contribution in [0, 0.1) is 19.8 Å². The Labute approximate surface area is 114 Å². The van der Waals surface area contributed by atoms with Gasteiger partial charge in [-0.25, -0.2) is 4.98 Å². The van der Waals surface area contributed by atoms with Crippen molar-refractivity contribution in [3.8, 4) is 11.3 Å². The Balaban J connectivity index is 2.14. The van der Waals surface area contributed by atoms with Gasteiger partial charge in [-0.15, -0.1) is 0 Å². The highest BCUT2D eigenvalue weighted by Crippen LogP contribution is 2.33. The van der Waals surface area contributed by atoms with Crippen molar-refractivity contribution in [1.82, 2.24) is 9.55 Å². The van der Waals surface area contributed by atoms with Crippen LogP contribution in [-0.4, -0.2) is 9.55 Å². The van der Waals surface area contributed by atoms with Crippen LogP contribution in [0.2, 0.25) is 0 Å². The third-order valence-electron chi connectivity index (χ3n) is 4.30. The van der Waals surface area contributed by atoms with Gasteiger partial charge in [-0.3, -0.25) is 0 Å². The maximum Gasteiger partial charge on any atom is 0.131 e. The quantitative estimate of drug-likeness (QED) is 0.849. The van der Waals surface area contributed by atoms with Crippen LogP contribution in [0.4, 0.5) is 5.82 Å². The summed E-state index contributed by atoms with van der Waals surface area (Å²) in [6, 6.07) is 6.33. The second kappa shape index (κ2) is 4.41. The molecule has 2 heterocycles. The van der Waals surface area contributed by atoms with Gasteiger partial charge in [-0.1, -0.05) is 25.1 Å². The van der Waals surface area contributed by atoms with E-state index in [0.717, 1.165) is 30.3 Å². The predicted molar refractivity (Wildman–Crippen MR) is 79.0 cm³/mol. The lowest BCUT2D eigenvalue weighted by Gasteiger charge is -2.20. The average Bonchev–Trinajstić information content (AvgIpc) is 2.70. The molecule has 3 rings (SSSR count). The third kappa shape index (κ3) is 1.93. The molecule has 100 valence electrons. The van der Waals surface area contributed by atoms with Crippen LogP contribution in [0.15, 0.2) is 18.2 Å². The van der Waals surface area contributed by atoms with Gasteiger partial charge in [0.15, 0.2) is 0 Å². The van der Waals surface area contributed by atoms with E-state index in [9.17, 15) is 0 Å². The molecule has 1 unspecified atom stereocenters. The molecule has 0 saturated carbocycles. The Morgan fingerprint density at radius 1 is 1.32 bits per heavy atom. The maximum atomic E-state index is 6.34. The van der Waals surface area contributed by atoms with E-state index in [1.165, 1.54) is 23.1 Å². The maximum absolute atomic E-state index is 6.34. The van der Waals surface area contributed by atoms with Gasteiger partial charge in [0.1, 0.15) is 17.3 Å². The highest BCUT2D eigenvalue weighted by Gasteiger charge is 2.22. The van der Waals surface area contributed by atoms with E-state index in [1.807, 2.05) is 0 Å². The van der Waals surface area contributed by atoms with Crippen LogP contribution >= 0.6 is 0 Å². The second-order valence-electron chi connectivity index (χ2n) is 5.76. The van der Waals surface area contributed by atoms with Crippen LogP contribution in [-0.2, 0) is 13.0 Å². The van der Waals surface area contributed by atoms with Gasteiger partial charge < -0.3 is 10.3 Å². The first-order chi connectivity index (χ1) is 9.08. The lowest BCUT2D eigenvalue weighted by atomic mass is 10.0. The highest BCUT2D eigenvalue weighted by atomic mass is 15.1. The number of imidazole rings is 1. The van der Waals surface area contributed by atoms with Crippen molar-refractivity contribution in [2.75, 3.05) is 5.73 Å². The molecule has 0 amide bonds. The lowest BCUT2D eigenvalue weighted by molar-refractivity contribution is 0.397. The van der Waals surface area contributed by atoms with Crippen LogP contribution < -0.4 is 5.73 Å². The fourth-order valence-corrected chi connectivity index (χ4v) is 2.89. The van der Waals surface area contributed by atoms with Crippen LogP contribution in [0.3, 0.4) is 0 Å². The van der Waals surface area contributed by atoms with Crippen molar-refractivity contribution in [1.29, 1.82) is 0 Å². The van der Waals surface area contributed by atoms with Gasteiger partial charge in [0.2, 0.25) is 0 Å². The molecule has 1 aromatic carbocycles. The first-order valence-electron chi connectivity index (χ1n) is 6.99. The molecule has 0 spiro atoms. The average molecular weight is 255 g/mol. The van der Waals surface area contributed by atoms with E-state index in [0.29, 0.717) is 5.92 Å². The lowest BCUT2D eigenvalue weighted by Crippen LogP contribution is -2.19. The van der Waals surface area contributed by atoms with Crippen molar-refractivity contribution in [2.45, 2.75) is 40.2 Å². The number of nitrogens with two attached hydrogens (primary N) is 1. The summed E-state index contributed by atoms with van der Waals surface area (Å²) in [5.74, 6) is 2.66. The molecule has 1 aliphatic heterocycles. The molecule has 0 bridgehead atoms. The van der Waals surface area contributed by atoms with Crippen molar-refractivity contribution >= 4 is 5.82 Å². The minimum atomic E-state index is 0.690. The standard InChI is InChI=1S/C16H21N3/c1-10-7-8-14-18-15(16(17)19(14)9-10)13-6-4-5-11(2)12(13)3/h4-6,10H,7-9,17H2,1-3H3. The van der Waals surface area contributed by atoms with E-state index in [2.05, 4.69) is 43.5 Å². The van der Waals surface area contributed by atoms with Gasteiger partial charge in [0, 0.05) is 18.5 Å². The Morgan fingerprint density at radius 3 is 2.89 bits per heavy atom. The van der Waals surface area contributed by atoms with Crippen molar-refractivity contribution in [3.05, 3.63) is 35.2 Å². The largest absolute Gasteiger partial charge is 0.383 e. The summed E-state index contributed by atoms with van der Waals surface area (Å²) in [5, 5.41) is 0. The molecule has 1 aromatic heterocycles. The van der Waals surface area contributed by atoms with Gasteiger partial charge in [0.05, 0.1) is 0 Å². The molecular weight excluding hydrogens is 234 g/mol. The molecular formula is C16H21N3. The summed E-state index contributed by atoms with van der Waals surface area (Å²) in [6.07, 6.45) is 2.25. The Morgan fingerprint density at radius 2 is 2.11 bits per heavy atom. The normalized spacial score (nSPS) is 18.4. The molecule has 3 nitrogen and oxygen atoms in total. The zero-order valence-electron chi connectivity index (χ0n) is 11.9. The van der Waals surface area contributed by atoms with Crippen molar-refractivity contribution in [3.63, 3.8) is 0 Å². The van der Waals surface area contributed by atoms with Gasteiger partial charge in [-0.05, 0) is 37.3 Å². The molecule has 0 radical (unpaired) electrons. The second-order valence-corrected chi connectivity index (χ2v) is 5.76. The molecule has 0 aliphatic carbocycles. The summed E-state index contributed by atoms with van der Waals surface area (Å²) in [6.45, 7) is 7.55. The number of nitrogen functional groups attached to an aromatic ring is 1. The van der Waals surface area contributed by atoms with E-state index in [-0.39, 0.29) is 0 Å². The van der Waals surface area contributed by atoms with Gasteiger partial charge >= 0.3 is 0 Å². The van der Waals surface area contributed by atoms with Crippen LogP contribution in [0.5, 0.6) is 0 Å². The van der Waals surface area contributed by atoms with Crippen molar-refractivity contribution < 1.29 is 0 Å². The SMILES string of the molecule is Cc1cccc(-c2nc3n(c2N)CC(C)CC3)c1C.